The number of rotatable bonds is 2. The molecular weight excluding hydrogens is 248 g/mol. The summed E-state index contributed by atoms with van der Waals surface area (Å²) in [6.45, 7) is 2.36. The van der Waals surface area contributed by atoms with Crippen LogP contribution in [0.15, 0.2) is 0 Å². The summed E-state index contributed by atoms with van der Waals surface area (Å²) in [5.74, 6) is 3.12. The van der Waals surface area contributed by atoms with E-state index in [9.17, 15) is 0 Å². The molecule has 2 atom stereocenters. The fraction of sp³-hybridized carbons (Fsp3) is 1.00. The van der Waals surface area contributed by atoms with Crippen LogP contribution in [-0.2, 0) is 0 Å². The van der Waals surface area contributed by atoms with Crippen molar-refractivity contribution in [2.75, 3.05) is 0 Å². The Morgan fingerprint density at radius 3 is 2.20 bits per heavy atom. The molecule has 2 rings (SSSR count). The van der Waals surface area contributed by atoms with Gasteiger partial charge >= 0.3 is 0 Å². The van der Waals surface area contributed by atoms with Crippen LogP contribution < -0.4 is 0 Å². The topological polar surface area (TPSA) is 0 Å². The minimum atomic E-state index is 0.842. The molecule has 15 heavy (non-hydrogen) atoms. The molecule has 88 valence electrons. The molecule has 0 nitrogen and oxygen atoms in total. The summed E-state index contributed by atoms with van der Waals surface area (Å²) in [6.07, 6.45) is 13.3. The van der Waals surface area contributed by atoms with Crippen molar-refractivity contribution in [2.24, 2.45) is 17.8 Å². The van der Waals surface area contributed by atoms with Crippen molar-refractivity contribution in [3.8, 4) is 0 Å². The van der Waals surface area contributed by atoms with Crippen LogP contribution in [0.5, 0.6) is 0 Å². The molecule has 2 aliphatic rings. The average Bonchev–Trinajstić information content (AvgIpc) is 2.30. The van der Waals surface area contributed by atoms with E-state index in [2.05, 4.69) is 22.9 Å². The Morgan fingerprint density at radius 1 is 0.933 bits per heavy atom. The molecule has 0 saturated heterocycles. The van der Waals surface area contributed by atoms with Crippen LogP contribution in [-0.4, -0.2) is 4.83 Å². The van der Waals surface area contributed by atoms with E-state index in [-0.39, 0.29) is 0 Å². The van der Waals surface area contributed by atoms with E-state index in [1.54, 1.807) is 0 Å². The summed E-state index contributed by atoms with van der Waals surface area (Å²) in [6, 6.07) is 0. The van der Waals surface area contributed by atoms with Crippen molar-refractivity contribution in [3.05, 3.63) is 0 Å². The van der Waals surface area contributed by atoms with Gasteiger partial charge in [0.05, 0.1) is 0 Å². The van der Waals surface area contributed by atoms with Crippen molar-refractivity contribution in [1.82, 2.24) is 0 Å². The van der Waals surface area contributed by atoms with Crippen LogP contribution in [0.1, 0.15) is 64.7 Å². The molecule has 0 amide bonds. The van der Waals surface area contributed by atoms with Crippen LogP contribution in [0.4, 0.5) is 0 Å². The van der Waals surface area contributed by atoms with Gasteiger partial charge in [-0.05, 0) is 43.4 Å². The second kappa shape index (κ2) is 5.70. The lowest BCUT2D eigenvalue weighted by atomic mass is 9.70. The van der Waals surface area contributed by atoms with Crippen molar-refractivity contribution in [2.45, 2.75) is 69.5 Å². The maximum absolute atomic E-state index is 3.92. The van der Waals surface area contributed by atoms with E-state index in [0.29, 0.717) is 0 Å². The Labute approximate surface area is 103 Å². The molecule has 2 saturated carbocycles. The van der Waals surface area contributed by atoms with Crippen molar-refractivity contribution in [1.29, 1.82) is 0 Å². The number of hydrogen-bond acceptors (Lipinski definition) is 0. The standard InChI is InChI=1S/C14H25Br/c1-2-11-7-9-12(10-8-11)13-5-3-4-6-14(13)15/h11-14H,2-10H2,1H3. The highest BCUT2D eigenvalue weighted by Gasteiger charge is 2.32. The minimum absolute atomic E-state index is 0.842. The summed E-state index contributed by atoms with van der Waals surface area (Å²) < 4.78 is 0. The summed E-state index contributed by atoms with van der Waals surface area (Å²) in [7, 11) is 0. The van der Waals surface area contributed by atoms with Gasteiger partial charge in [0.1, 0.15) is 0 Å². The molecule has 0 N–H and O–H groups in total. The molecule has 0 radical (unpaired) electrons. The molecule has 2 unspecified atom stereocenters. The molecule has 0 heterocycles. The molecular formula is C14H25Br. The largest absolute Gasteiger partial charge is 0.0888 e. The quantitative estimate of drug-likeness (QED) is 0.610. The Balaban J connectivity index is 1.83. The van der Waals surface area contributed by atoms with Gasteiger partial charge in [-0.3, -0.25) is 0 Å². The first-order valence-corrected chi connectivity index (χ1v) is 7.87. The van der Waals surface area contributed by atoms with Crippen LogP contribution in [0.25, 0.3) is 0 Å². The lowest BCUT2D eigenvalue weighted by molar-refractivity contribution is 0.172. The second-order valence-electron chi connectivity index (χ2n) is 5.65. The molecule has 0 aromatic carbocycles. The van der Waals surface area contributed by atoms with E-state index < -0.39 is 0 Å². The van der Waals surface area contributed by atoms with Gasteiger partial charge < -0.3 is 0 Å². The number of alkyl halides is 1. The maximum atomic E-state index is 3.92. The van der Waals surface area contributed by atoms with Crippen LogP contribution in [0.2, 0.25) is 0 Å². The molecule has 2 aliphatic carbocycles. The Bertz CT molecular complexity index is 182. The summed E-state index contributed by atoms with van der Waals surface area (Å²) in [5.41, 5.74) is 0. The fourth-order valence-corrected chi connectivity index (χ4v) is 4.69. The monoisotopic (exact) mass is 272 g/mol. The van der Waals surface area contributed by atoms with Gasteiger partial charge in [0.15, 0.2) is 0 Å². The Kier molecular flexibility index (Phi) is 4.54. The van der Waals surface area contributed by atoms with Gasteiger partial charge in [-0.1, -0.05) is 55.0 Å². The first-order chi connectivity index (χ1) is 7.31. The molecule has 0 aliphatic heterocycles. The van der Waals surface area contributed by atoms with Crippen LogP contribution >= 0.6 is 15.9 Å². The highest BCUT2D eigenvalue weighted by atomic mass is 79.9. The van der Waals surface area contributed by atoms with E-state index in [1.807, 2.05) is 0 Å². The molecule has 1 heteroatoms. The zero-order valence-electron chi connectivity index (χ0n) is 10.1. The Morgan fingerprint density at radius 2 is 1.60 bits per heavy atom. The predicted octanol–water partition coefficient (Wildman–Crippen LogP) is 5.16. The highest BCUT2D eigenvalue weighted by Crippen LogP contribution is 2.42. The van der Waals surface area contributed by atoms with E-state index in [0.717, 1.165) is 22.6 Å². The average molecular weight is 273 g/mol. The van der Waals surface area contributed by atoms with Crippen LogP contribution in [0.3, 0.4) is 0 Å². The van der Waals surface area contributed by atoms with Gasteiger partial charge in [-0.2, -0.15) is 0 Å². The van der Waals surface area contributed by atoms with Gasteiger partial charge in [-0.15, -0.1) is 0 Å². The third kappa shape index (κ3) is 2.99. The molecule has 0 spiro atoms. The van der Waals surface area contributed by atoms with E-state index in [4.69, 9.17) is 0 Å². The molecule has 0 aromatic rings. The van der Waals surface area contributed by atoms with Crippen molar-refractivity contribution in [3.63, 3.8) is 0 Å². The van der Waals surface area contributed by atoms with E-state index in [1.165, 1.54) is 57.8 Å². The number of halogens is 1. The summed E-state index contributed by atoms with van der Waals surface area (Å²) in [4.78, 5) is 0.842. The first kappa shape index (κ1) is 12.0. The highest BCUT2D eigenvalue weighted by molar-refractivity contribution is 9.09. The minimum Gasteiger partial charge on any atom is -0.0888 e. The van der Waals surface area contributed by atoms with Crippen molar-refractivity contribution >= 4 is 15.9 Å². The SMILES string of the molecule is CCC1CCC(C2CCCCC2Br)CC1. The lowest BCUT2D eigenvalue weighted by Crippen LogP contribution is -2.30. The Hall–Kier alpha value is 0.480. The fourth-order valence-electron chi connectivity index (χ4n) is 3.67. The molecule has 2 fully saturated rings. The zero-order valence-corrected chi connectivity index (χ0v) is 11.6. The van der Waals surface area contributed by atoms with Gasteiger partial charge in [0.25, 0.3) is 0 Å². The predicted molar refractivity (Wildman–Crippen MR) is 70.4 cm³/mol. The first-order valence-electron chi connectivity index (χ1n) is 6.95. The third-order valence-corrected chi connectivity index (χ3v) is 5.94. The second-order valence-corrected chi connectivity index (χ2v) is 6.83. The van der Waals surface area contributed by atoms with Gasteiger partial charge in [-0.25, -0.2) is 0 Å². The molecule has 0 bridgehead atoms. The van der Waals surface area contributed by atoms with E-state index >= 15 is 0 Å². The normalized spacial score (nSPS) is 42.8. The lowest BCUT2D eigenvalue weighted by Gasteiger charge is -2.38. The number of hydrogen-bond donors (Lipinski definition) is 0. The maximum Gasteiger partial charge on any atom is 0.0176 e. The van der Waals surface area contributed by atoms with Crippen molar-refractivity contribution < 1.29 is 0 Å². The molecule has 0 aromatic heterocycles. The van der Waals surface area contributed by atoms with Gasteiger partial charge in [0, 0.05) is 4.83 Å². The van der Waals surface area contributed by atoms with Gasteiger partial charge in [0.2, 0.25) is 0 Å². The summed E-state index contributed by atoms with van der Waals surface area (Å²) >= 11 is 3.92. The summed E-state index contributed by atoms with van der Waals surface area (Å²) in [5, 5.41) is 0. The van der Waals surface area contributed by atoms with Crippen LogP contribution in [0, 0.1) is 17.8 Å². The third-order valence-electron chi connectivity index (χ3n) is 4.81. The smallest absolute Gasteiger partial charge is 0.0176 e. The zero-order chi connectivity index (χ0) is 10.7.